The van der Waals surface area contributed by atoms with Crippen molar-refractivity contribution in [3.8, 4) is 0 Å². The van der Waals surface area contributed by atoms with Crippen LogP contribution in [0.25, 0.3) is 0 Å². The van der Waals surface area contributed by atoms with Gasteiger partial charge in [0, 0.05) is 17.3 Å². The zero-order chi connectivity index (χ0) is 14.8. The molecular weight excluding hydrogens is 280 g/mol. The molecule has 1 unspecified atom stereocenters. The highest BCUT2D eigenvalue weighted by Gasteiger charge is 2.23. The molecular formula is C18H21ClN2. The predicted octanol–water partition coefficient (Wildman–Crippen LogP) is 4.64. The van der Waals surface area contributed by atoms with E-state index in [9.17, 15) is 0 Å². The van der Waals surface area contributed by atoms with Crippen molar-refractivity contribution in [3.05, 3.63) is 64.2 Å². The van der Waals surface area contributed by atoms with Crippen LogP contribution < -0.4 is 11.1 Å². The molecule has 3 heteroatoms. The Morgan fingerprint density at radius 2 is 1.90 bits per heavy atom. The first kappa shape index (κ1) is 14.4. The fourth-order valence-corrected chi connectivity index (χ4v) is 2.76. The van der Waals surface area contributed by atoms with Gasteiger partial charge in [-0.25, -0.2) is 0 Å². The summed E-state index contributed by atoms with van der Waals surface area (Å²) in [6.45, 7) is 2.55. The topological polar surface area (TPSA) is 38.0 Å². The van der Waals surface area contributed by atoms with Gasteiger partial charge < -0.3 is 11.1 Å². The lowest BCUT2D eigenvalue weighted by molar-refractivity contribution is 0.789. The summed E-state index contributed by atoms with van der Waals surface area (Å²) in [4.78, 5) is 0. The van der Waals surface area contributed by atoms with Gasteiger partial charge in [-0.05, 0) is 54.5 Å². The molecule has 2 aromatic rings. The van der Waals surface area contributed by atoms with Crippen LogP contribution in [0.4, 0.5) is 5.69 Å². The maximum atomic E-state index is 6.18. The standard InChI is InChI=1S/C18H21ClN2/c1-12-2-9-16(10-17(12)19)21-18(11-20)15-7-5-14(6-8-15)13-3-4-13/h2,5-10,13,18,21H,3-4,11,20H2,1H3. The maximum absolute atomic E-state index is 6.18. The van der Waals surface area contributed by atoms with E-state index in [2.05, 4.69) is 29.6 Å². The Labute approximate surface area is 131 Å². The Bertz CT molecular complexity index is 618. The number of nitrogens with one attached hydrogen (secondary N) is 1. The second-order valence-corrected chi connectivity index (χ2v) is 6.24. The van der Waals surface area contributed by atoms with Crippen LogP contribution in [-0.2, 0) is 0 Å². The molecule has 2 nitrogen and oxygen atoms in total. The molecule has 0 bridgehead atoms. The summed E-state index contributed by atoms with van der Waals surface area (Å²) in [6.07, 6.45) is 2.67. The van der Waals surface area contributed by atoms with Gasteiger partial charge in [-0.3, -0.25) is 0 Å². The van der Waals surface area contributed by atoms with E-state index in [-0.39, 0.29) is 6.04 Å². The molecule has 0 amide bonds. The second-order valence-electron chi connectivity index (χ2n) is 5.84. The largest absolute Gasteiger partial charge is 0.377 e. The monoisotopic (exact) mass is 300 g/mol. The van der Waals surface area contributed by atoms with Gasteiger partial charge in [0.05, 0.1) is 6.04 Å². The maximum Gasteiger partial charge on any atom is 0.0636 e. The molecule has 0 aromatic heterocycles. The van der Waals surface area contributed by atoms with E-state index in [0.717, 1.165) is 22.2 Å². The number of anilines is 1. The van der Waals surface area contributed by atoms with E-state index in [0.29, 0.717) is 6.54 Å². The quantitative estimate of drug-likeness (QED) is 0.844. The van der Waals surface area contributed by atoms with Crippen molar-refractivity contribution >= 4 is 17.3 Å². The first-order valence-corrected chi connectivity index (χ1v) is 7.88. The fourth-order valence-electron chi connectivity index (χ4n) is 2.58. The minimum atomic E-state index is 0.108. The summed E-state index contributed by atoms with van der Waals surface area (Å²) >= 11 is 6.18. The van der Waals surface area contributed by atoms with Crippen LogP contribution in [0.1, 0.15) is 41.5 Å². The van der Waals surface area contributed by atoms with Crippen molar-refractivity contribution in [2.75, 3.05) is 11.9 Å². The highest BCUT2D eigenvalue weighted by Crippen LogP contribution is 2.40. The Hall–Kier alpha value is -1.51. The summed E-state index contributed by atoms with van der Waals surface area (Å²) < 4.78 is 0. The van der Waals surface area contributed by atoms with Crippen LogP contribution in [-0.4, -0.2) is 6.54 Å². The number of hydrogen-bond donors (Lipinski definition) is 2. The van der Waals surface area contributed by atoms with Crippen molar-refractivity contribution in [2.45, 2.75) is 31.7 Å². The average Bonchev–Trinajstić information content (AvgIpc) is 3.33. The molecule has 1 fully saturated rings. The van der Waals surface area contributed by atoms with Crippen LogP contribution in [0, 0.1) is 6.92 Å². The number of halogens is 1. The molecule has 110 valence electrons. The van der Waals surface area contributed by atoms with Crippen molar-refractivity contribution in [1.29, 1.82) is 0 Å². The Kier molecular flexibility index (Phi) is 4.18. The molecule has 0 radical (unpaired) electrons. The third-order valence-corrected chi connectivity index (χ3v) is 4.54. The van der Waals surface area contributed by atoms with E-state index in [4.69, 9.17) is 17.3 Å². The summed E-state index contributed by atoms with van der Waals surface area (Å²) in [5.74, 6) is 0.791. The number of aryl methyl sites for hydroxylation is 1. The summed E-state index contributed by atoms with van der Waals surface area (Å²) in [7, 11) is 0. The molecule has 0 spiro atoms. The van der Waals surface area contributed by atoms with Crippen molar-refractivity contribution in [3.63, 3.8) is 0 Å². The van der Waals surface area contributed by atoms with Gasteiger partial charge in [0.2, 0.25) is 0 Å². The Morgan fingerprint density at radius 3 is 2.48 bits per heavy atom. The van der Waals surface area contributed by atoms with Crippen molar-refractivity contribution in [2.24, 2.45) is 5.73 Å². The smallest absolute Gasteiger partial charge is 0.0636 e. The second kappa shape index (κ2) is 6.08. The van der Waals surface area contributed by atoms with E-state index < -0.39 is 0 Å². The molecule has 21 heavy (non-hydrogen) atoms. The third-order valence-electron chi connectivity index (χ3n) is 4.14. The number of nitrogens with two attached hydrogens (primary N) is 1. The molecule has 3 rings (SSSR count). The average molecular weight is 301 g/mol. The first-order chi connectivity index (χ1) is 10.2. The zero-order valence-electron chi connectivity index (χ0n) is 12.3. The van der Waals surface area contributed by atoms with E-state index in [1.165, 1.54) is 24.0 Å². The number of rotatable bonds is 5. The normalized spacial score (nSPS) is 15.8. The summed E-state index contributed by atoms with van der Waals surface area (Å²) in [6, 6.07) is 15.0. The number of benzene rings is 2. The van der Waals surface area contributed by atoms with Gasteiger partial charge in [0.25, 0.3) is 0 Å². The van der Waals surface area contributed by atoms with E-state index in [1.54, 1.807) is 0 Å². The van der Waals surface area contributed by atoms with Gasteiger partial charge in [-0.2, -0.15) is 0 Å². The molecule has 1 aliphatic rings. The number of hydrogen-bond acceptors (Lipinski definition) is 2. The first-order valence-electron chi connectivity index (χ1n) is 7.50. The minimum Gasteiger partial charge on any atom is -0.377 e. The van der Waals surface area contributed by atoms with Crippen LogP contribution in [0.2, 0.25) is 5.02 Å². The van der Waals surface area contributed by atoms with Crippen LogP contribution >= 0.6 is 11.6 Å². The molecule has 3 N–H and O–H groups in total. The fraction of sp³-hybridized carbons (Fsp3) is 0.333. The van der Waals surface area contributed by atoms with Crippen molar-refractivity contribution < 1.29 is 0 Å². The van der Waals surface area contributed by atoms with Gasteiger partial charge in [0.15, 0.2) is 0 Å². The highest BCUT2D eigenvalue weighted by atomic mass is 35.5. The molecule has 0 heterocycles. The van der Waals surface area contributed by atoms with Crippen molar-refractivity contribution in [1.82, 2.24) is 0 Å². The summed E-state index contributed by atoms with van der Waals surface area (Å²) in [5.41, 5.74) is 10.7. The molecule has 1 saturated carbocycles. The van der Waals surface area contributed by atoms with Gasteiger partial charge in [0.1, 0.15) is 0 Å². The van der Waals surface area contributed by atoms with Crippen LogP contribution in [0.5, 0.6) is 0 Å². The lowest BCUT2D eigenvalue weighted by atomic mass is 10.0. The van der Waals surface area contributed by atoms with E-state index in [1.807, 2.05) is 25.1 Å². The Balaban J connectivity index is 1.75. The zero-order valence-corrected chi connectivity index (χ0v) is 13.0. The van der Waals surface area contributed by atoms with Gasteiger partial charge in [-0.15, -0.1) is 0 Å². The molecule has 2 aromatic carbocycles. The van der Waals surface area contributed by atoms with Crippen LogP contribution in [0.3, 0.4) is 0 Å². The lowest BCUT2D eigenvalue weighted by Crippen LogP contribution is -2.20. The molecule has 1 atom stereocenters. The summed E-state index contributed by atoms with van der Waals surface area (Å²) in [5, 5.41) is 4.25. The van der Waals surface area contributed by atoms with E-state index >= 15 is 0 Å². The minimum absolute atomic E-state index is 0.108. The van der Waals surface area contributed by atoms with Crippen LogP contribution in [0.15, 0.2) is 42.5 Å². The Morgan fingerprint density at radius 1 is 1.19 bits per heavy atom. The highest BCUT2D eigenvalue weighted by molar-refractivity contribution is 6.31. The van der Waals surface area contributed by atoms with Gasteiger partial charge >= 0.3 is 0 Å². The SMILES string of the molecule is Cc1ccc(NC(CN)c2ccc(C3CC3)cc2)cc1Cl. The third kappa shape index (κ3) is 3.39. The van der Waals surface area contributed by atoms with Gasteiger partial charge in [-0.1, -0.05) is 41.9 Å². The lowest BCUT2D eigenvalue weighted by Gasteiger charge is -2.19. The molecule has 0 saturated heterocycles. The predicted molar refractivity (Wildman–Crippen MR) is 90.0 cm³/mol. The molecule has 1 aliphatic carbocycles. The molecule has 0 aliphatic heterocycles.